The summed E-state index contributed by atoms with van der Waals surface area (Å²) in [6.07, 6.45) is 3.72. The van der Waals surface area contributed by atoms with E-state index in [1.165, 1.54) is 0 Å². The minimum atomic E-state index is -0.328. The summed E-state index contributed by atoms with van der Waals surface area (Å²) in [6, 6.07) is 7.81. The molecule has 6 nitrogen and oxygen atoms in total. The maximum atomic E-state index is 12.6. The Hall–Kier alpha value is -2.12. The van der Waals surface area contributed by atoms with Gasteiger partial charge in [-0.15, -0.1) is 11.3 Å². The first-order valence-corrected chi connectivity index (χ1v) is 9.50. The largest absolute Gasteiger partial charge is 0.439 e. The number of carbonyl (C=O) groups excluding carboxylic acids is 1. The molecule has 1 amide bonds. The molecular formula is C18H20N4O2S. The molecule has 2 aromatic heterocycles. The predicted molar refractivity (Wildman–Crippen MR) is 97.7 cm³/mol. The van der Waals surface area contributed by atoms with Crippen LogP contribution in [0.1, 0.15) is 12.8 Å². The number of nitrogen functional groups attached to an aromatic ring is 1. The molecule has 4 saturated heterocycles. The van der Waals surface area contributed by atoms with Gasteiger partial charge in [0, 0.05) is 29.1 Å². The number of piperidine rings is 3. The van der Waals surface area contributed by atoms with E-state index in [9.17, 15) is 4.79 Å². The van der Waals surface area contributed by atoms with Crippen molar-refractivity contribution in [1.29, 1.82) is 0 Å². The standard InChI is InChI=1S/C18H20N4O2S/c19-16-13(2-1-7-20-16)14-3-4-15(25-14)22-11-18(24-17(22)23)10-21-8-5-12(18)6-9-21/h1-4,7,12H,5-6,8-11H2,(H2,19,20). The van der Waals surface area contributed by atoms with Gasteiger partial charge < -0.3 is 10.5 Å². The number of aromatic nitrogens is 1. The zero-order chi connectivity index (χ0) is 17.0. The molecule has 2 aromatic rings. The molecule has 6 heterocycles. The van der Waals surface area contributed by atoms with Crippen LogP contribution >= 0.6 is 11.3 Å². The highest BCUT2D eigenvalue weighted by Gasteiger charge is 2.55. The third-order valence-electron chi connectivity index (χ3n) is 5.72. The van der Waals surface area contributed by atoms with Gasteiger partial charge in [0.15, 0.2) is 0 Å². The van der Waals surface area contributed by atoms with E-state index in [0.717, 1.165) is 47.9 Å². The number of nitrogens with zero attached hydrogens (tertiary/aromatic N) is 3. The molecule has 1 atom stereocenters. The molecule has 1 spiro atoms. The first-order valence-electron chi connectivity index (χ1n) is 8.68. The Morgan fingerprint density at radius 2 is 2.08 bits per heavy atom. The zero-order valence-corrected chi connectivity index (χ0v) is 14.7. The molecule has 4 fully saturated rings. The number of nitrogens with two attached hydrogens (primary N) is 1. The first kappa shape index (κ1) is 15.2. The van der Waals surface area contributed by atoms with E-state index in [4.69, 9.17) is 10.5 Å². The van der Waals surface area contributed by atoms with Crippen LogP contribution in [0.5, 0.6) is 0 Å². The Kier molecular flexibility index (Phi) is 3.30. The Balaban J connectivity index is 1.43. The van der Waals surface area contributed by atoms with Crippen molar-refractivity contribution < 1.29 is 9.53 Å². The van der Waals surface area contributed by atoms with Crippen molar-refractivity contribution in [3.05, 3.63) is 30.5 Å². The lowest BCUT2D eigenvalue weighted by atomic mass is 9.75. The fourth-order valence-electron chi connectivity index (χ4n) is 4.42. The van der Waals surface area contributed by atoms with Crippen molar-refractivity contribution in [1.82, 2.24) is 9.88 Å². The highest BCUT2D eigenvalue weighted by Crippen LogP contribution is 2.45. The quantitative estimate of drug-likeness (QED) is 0.896. The van der Waals surface area contributed by atoms with Gasteiger partial charge in [0.1, 0.15) is 16.4 Å². The summed E-state index contributed by atoms with van der Waals surface area (Å²) in [6.45, 7) is 3.78. The van der Waals surface area contributed by atoms with Crippen molar-refractivity contribution in [2.75, 3.05) is 36.8 Å². The smallest absolute Gasteiger partial charge is 0.415 e. The molecule has 25 heavy (non-hydrogen) atoms. The lowest BCUT2D eigenvalue weighted by molar-refractivity contribution is -0.0881. The van der Waals surface area contributed by atoms with Crippen LogP contribution in [0.4, 0.5) is 15.6 Å². The van der Waals surface area contributed by atoms with Crippen molar-refractivity contribution in [2.24, 2.45) is 5.92 Å². The summed E-state index contributed by atoms with van der Waals surface area (Å²) in [5, 5.41) is 0.913. The molecule has 4 aliphatic heterocycles. The molecule has 0 aromatic carbocycles. The third kappa shape index (κ3) is 2.33. The lowest BCUT2D eigenvalue weighted by Crippen LogP contribution is -2.61. The van der Waals surface area contributed by atoms with Crippen LogP contribution in [0.2, 0.25) is 0 Å². The van der Waals surface area contributed by atoms with Gasteiger partial charge >= 0.3 is 6.09 Å². The van der Waals surface area contributed by atoms with E-state index in [1.807, 2.05) is 24.3 Å². The Morgan fingerprint density at radius 1 is 1.24 bits per heavy atom. The number of rotatable bonds is 2. The van der Waals surface area contributed by atoms with Crippen molar-refractivity contribution in [2.45, 2.75) is 18.4 Å². The second-order valence-corrected chi connectivity index (χ2v) is 8.21. The number of pyridine rings is 1. The highest BCUT2D eigenvalue weighted by molar-refractivity contribution is 7.19. The van der Waals surface area contributed by atoms with E-state index in [0.29, 0.717) is 18.3 Å². The van der Waals surface area contributed by atoms with Crippen LogP contribution in [0.15, 0.2) is 30.5 Å². The second-order valence-electron chi connectivity index (χ2n) is 7.14. The average molecular weight is 356 g/mol. The summed E-state index contributed by atoms with van der Waals surface area (Å²) in [5.41, 5.74) is 6.56. The van der Waals surface area contributed by atoms with Crippen LogP contribution in [0.25, 0.3) is 10.4 Å². The molecule has 0 aliphatic carbocycles. The van der Waals surface area contributed by atoms with Gasteiger partial charge in [-0.3, -0.25) is 9.80 Å². The summed E-state index contributed by atoms with van der Waals surface area (Å²) in [4.78, 5) is 22.0. The number of fused-ring (bicyclic) bond motifs is 2. The molecule has 130 valence electrons. The van der Waals surface area contributed by atoms with Gasteiger partial charge in [0.25, 0.3) is 0 Å². The van der Waals surface area contributed by atoms with Crippen LogP contribution < -0.4 is 10.6 Å². The third-order valence-corrected chi connectivity index (χ3v) is 6.86. The molecule has 7 heteroatoms. The van der Waals surface area contributed by atoms with Crippen LogP contribution in [-0.2, 0) is 4.74 Å². The number of amides is 1. The van der Waals surface area contributed by atoms with E-state index in [1.54, 1.807) is 22.4 Å². The Morgan fingerprint density at radius 3 is 2.80 bits per heavy atom. The molecule has 0 saturated carbocycles. The van der Waals surface area contributed by atoms with Gasteiger partial charge in [-0.2, -0.15) is 0 Å². The zero-order valence-electron chi connectivity index (χ0n) is 13.9. The minimum absolute atomic E-state index is 0.221. The van der Waals surface area contributed by atoms with E-state index < -0.39 is 0 Å². The van der Waals surface area contributed by atoms with E-state index in [-0.39, 0.29) is 11.7 Å². The predicted octanol–water partition coefficient (Wildman–Crippen LogP) is 2.81. The number of carbonyl (C=O) groups is 1. The monoisotopic (exact) mass is 356 g/mol. The molecule has 0 radical (unpaired) electrons. The van der Waals surface area contributed by atoms with Crippen molar-refractivity contribution >= 4 is 28.2 Å². The van der Waals surface area contributed by atoms with Gasteiger partial charge in [0.2, 0.25) is 0 Å². The van der Waals surface area contributed by atoms with E-state index in [2.05, 4.69) is 9.88 Å². The summed E-state index contributed by atoms with van der Waals surface area (Å²) < 4.78 is 5.94. The van der Waals surface area contributed by atoms with Gasteiger partial charge in [0.05, 0.1) is 6.54 Å². The average Bonchev–Trinajstić information content (AvgIpc) is 3.21. The summed E-state index contributed by atoms with van der Waals surface area (Å²) in [5.74, 6) is 0.994. The van der Waals surface area contributed by atoms with Crippen molar-refractivity contribution in [3.63, 3.8) is 0 Å². The lowest BCUT2D eigenvalue weighted by Gasteiger charge is -2.49. The molecule has 1 unspecified atom stereocenters. The Bertz CT molecular complexity index is 830. The number of hydrogen-bond donors (Lipinski definition) is 1. The number of ether oxygens (including phenoxy) is 1. The molecule has 6 rings (SSSR count). The first-order chi connectivity index (χ1) is 12.1. The fourth-order valence-corrected chi connectivity index (χ4v) is 5.45. The van der Waals surface area contributed by atoms with Crippen molar-refractivity contribution in [3.8, 4) is 10.4 Å². The topological polar surface area (TPSA) is 71.7 Å². The number of anilines is 2. The van der Waals surface area contributed by atoms with Crippen LogP contribution in [0, 0.1) is 5.92 Å². The molecule has 2 N–H and O–H groups in total. The van der Waals surface area contributed by atoms with Gasteiger partial charge in [-0.05, 0) is 50.2 Å². The normalized spacial score (nSPS) is 30.9. The Labute approximate surface area is 150 Å². The number of thiophene rings is 1. The van der Waals surface area contributed by atoms with Crippen LogP contribution in [0.3, 0.4) is 0 Å². The van der Waals surface area contributed by atoms with Crippen LogP contribution in [-0.4, -0.2) is 47.8 Å². The van der Waals surface area contributed by atoms with E-state index >= 15 is 0 Å². The molecule has 2 bridgehead atoms. The fraction of sp³-hybridized carbons (Fsp3) is 0.444. The number of hydrogen-bond acceptors (Lipinski definition) is 6. The second kappa shape index (κ2) is 5.44. The molecule has 4 aliphatic rings. The summed E-state index contributed by atoms with van der Waals surface area (Å²) >= 11 is 1.56. The minimum Gasteiger partial charge on any atom is -0.439 e. The van der Waals surface area contributed by atoms with Gasteiger partial charge in [-0.25, -0.2) is 9.78 Å². The maximum Gasteiger partial charge on any atom is 0.415 e. The highest BCUT2D eigenvalue weighted by atomic mass is 32.1. The maximum absolute atomic E-state index is 12.6. The SMILES string of the molecule is Nc1ncccc1-c1ccc(N2CC3(CN4CCC3CC4)OC2=O)s1. The van der Waals surface area contributed by atoms with Gasteiger partial charge in [-0.1, -0.05) is 0 Å². The summed E-state index contributed by atoms with van der Waals surface area (Å²) in [7, 11) is 0. The molecular weight excluding hydrogens is 336 g/mol.